The van der Waals surface area contributed by atoms with Crippen LogP contribution in [0, 0.1) is 21.4 Å². The zero-order valence-electron chi connectivity index (χ0n) is 12.5. The average Bonchev–Trinajstić information content (AvgIpc) is 3.24. The van der Waals surface area contributed by atoms with Gasteiger partial charge in [-0.15, -0.1) is 10.2 Å². The van der Waals surface area contributed by atoms with Crippen LogP contribution in [0.4, 0.5) is 10.8 Å². The molecule has 1 aliphatic rings. The van der Waals surface area contributed by atoms with Crippen LogP contribution in [0.5, 0.6) is 0 Å². The van der Waals surface area contributed by atoms with Crippen LogP contribution in [0.15, 0.2) is 27.4 Å². The van der Waals surface area contributed by atoms with Gasteiger partial charge in [0.1, 0.15) is 6.07 Å². The van der Waals surface area contributed by atoms with Crippen LogP contribution in [0.1, 0.15) is 18.4 Å². The number of nitro groups is 1. The van der Waals surface area contributed by atoms with Crippen molar-refractivity contribution in [3.63, 3.8) is 0 Å². The minimum Gasteiger partial charge on any atom is -0.376 e. The Kier molecular flexibility index (Phi) is 5.24. The largest absolute Gasteiger partial charge is 0.376 e. The van der Waals surface area contributed by atoms with Crippen molar-refractivity contribution in [2.45, 2.75) is 28.2 Å². The van der Waals surface area contributed by atoms with Gasteiger partial charge in [-0.1, -0.05) is 23.1 Å². The van der Waals surface area contributed by atoms with Crippen LogP contribution >= 0.6 is 23.1 Å². The number of nitrogens with zero attached hydrogens (tertiary/aromatic N) is 4. The Morgan fingerprint density at radius 3 is 3.12 bits per heavy atom. The number of nitriles is 1. The van der Waals surface area contributed by atoms with Crippen molar-refractivity contribution in [2.75, 3.05) is 18.5 Å². The Labute approximate surface area is 146 Å². The summed E-state index contributed by atoms with van der Waals surface area (Å²) in [6, 6.07) is 6.18. The number of rotatable bonds is 6. The van der Waals surface area contributed by atoms with Crippen molar-refractivity contribution in [2.24, 2.45) is 0 Å². The maximum absolute atomic E-state index is 10.8. The van der Waals surface area contributed by atoms with E-state index < -0.39 is 4.92 Å². The number of ether oxygens (including phenoxy) is 1. The summed E-state index contributed by atoms with van der Waals surface area (Å²) in [5, 5.41) is 32.0. The molecular formula is C14H13N5O3S2. The van der Waals surface area contributed by atoms with E-state index in [1.165, 1.54) is 35.2 Å². The van der Waals surface area contributed by atoms with Crippen LogP contribution < -0.4 is 5.32 Å². The number of hydrogen-bond acceptors (Lipinski definition) is 9. The summed E-state index contributed by atoms with van der Waals surface area (Å²) in [6.45, 7) is 1.50. The molecule has 1 saturated heterocycles. The third-order valence-corrected chi connectivity index (χ3v) is 5.41. The first kappa shape index (κ1) is 16.6. The molecule has 2 heterocycles. The van der Waals surface area contributed by atoms with Crippen molar-refractivity contribution < 1.29 is 9.66 Å². The summed E-state index contributed by atoms with van der Waals surface area (Å²) in [5.74, 6) is 0. The second-order valence-corrected chi connectivity index (χ2v) is 7.31. The number of hydrogen-bond donors (Lipinski definition) is 1. The maximum Gasteiger partial charge on any atom is 0.270 e. The van der Waals surface area contributed by atoms with Gasteiger partial charge in [-0.05, 0) is 18.9 Å². The fourth-order valence-corrected chi connectivity index (χ4v) is 4.01. The topological polar surface area (TPSA) is 114 Å². The smallest absolute Gasteiger partial charge is 0.270 e. The van der Waals surface area contributed by atoms with Gasteiger partial charge >= 0.3 is 0 Å². The summed E-state index contributed by atoms with van der Waals surface area (Å²) in [5.41, 5.74) is 0.144. The molecule has 1 fully saturated rings. The first-order chi connectivity index (χ1) is 11.7. The third-order valence-electron chi connectivity index (χ3n) is 3.40. The molecule has 24 heavy (non-hydrogen) atoms. The summed E-state index contributed by atoms with van der Waals surface area (Å²) in [6.07, 6.45) is 2.34. The summed E-state index contributed by atoms with van der Waals surface area (Å²) in [7, 11) is 0. The molecule has 10 heteroatoms. The van der Waals surface area contributed by atoms with Crippen molar-refractivity contribution in [1.82, 2.24) is 10.2 Å². The van der Waals surface area contributed by atoms with Crippen LogP contribution in [0.2, 0.25) is 0 Å². The highest BCUT2D eigenvalue weighted by molar-refractivity contribution is 8.01. The highest BCUT2D eigenvalue weighted by Gasteiger charge is 2.17. The SMILES string of the molecule is N#Cc1cc([N+](=O)[O-])ccc1Sc1nnc(NCC2CCCO2)s1. The summed E-state index contributed by atoms with van der Waals surface area (Å²) in [4.78, 5) is 10.9. The van der Waals surface area contributed by atoms with Gasteiger partial charge in [-0.3, -0.25) is 10.1 Å². The highest BCUT2D eigenvalue weighted by Crippen LogP contribution is 2.35. The number of aromatic nitrogens is 2. The Bertz CT molecular complexity index is 783. The third kappa shape index (κ3) is 4.00. The molecule has 124 valence electrons. The molecule has 0 aliphatic carbocycles. The quantitative estimate of drug-likeness (QED) is 0.615. The van der Waals surface area contributed by atoms with E-state index in [-0.39, 0.29) is 17.4 Å². The lowest BCUT2D eigenvalue weighted by molar-refractivity contribution is -0.384. The van der Waals surface area contributed by atoms with Gasteiger partial charge in [0.2, 0.25) is 5.13 Å². The van der Waals surface area contributed by atoms with E-state index in [0.717, 1.165) is 19.4 Å². The molecule has 0 radical (unpaired) electrons. The van der Waals surface area contributed by atoms with Crippen LogP contribution in [0.3, 0.4) is 0 Å². The number of nitrogens with one attached hydrogen (secondary N) is 1. The van der Waals surface area contributed by atoms with E-state index in [2.05, 4.69) is 15.5 Å². The van der Waals surface area contributed by atoms with E-state index in [9.17, 15) is 10.1 Å². The van der Waals surface area contributed by atoms with Crippen LogP contribution in [-0.2, 0) is 4.74 Å². The van der Waals surface area contributed by atoms with E-state index in [1.807, 2.05) is 6.07 Å². The number of benzene rings is 1. The predicted octanol–water partition coefficient (Wildman–Crippen LogP) is 3.06. The lowest BCUT2D eigenvalue weighted by Crippen LogP contribution is -2.18. The molecule has 1 aromatic heterocycles. The van der Waals surface area contributed by atoms with Gasteiger partial charge in [0.25, 0.3) is 5.69 Å². The van der Waals surface area contributed by atoms with Gasteiger partial charge < -0.3 is 10.1 Å². The van der Waals surface area contributed by atoms with Crippen molar-refractivity contribution in [3.05, 3.63) is 33.9 Å². The molecule has 1 unspecified atom stereocenters. The molecule has 8 nitrogen and oxygen atoms in total. The van der Waals surface area contributed by atoms with Crippen molar-refractivity contribution >= 4 is 33.9 Å². The predicted molar refractivity (Wildman–Crippen MR) is 89.3 cm³/mol. The fraction of sp³-hybridized carbons (Fsp3) is 0.357. The first-order valence-corrected chi connectivity index (χ1v) is 8.84. The number of non-ortho nitro benzene ring substituents is 1. The van der Waals surface area contributed by atoms with Crippen LogP contribution in [0.25, 0.3) is 0 Å². The van der Waals surface area contributed by atoms with Gasteiger partial charge in [0.05, 0.1) is 16.6 Å². The molecule has 1 atom stereocenters. The average molecular weight is 363 g/mol. The van der Waals surface area contributed by atoms with E-state index >= 15 is 0 Å². The Morgan fingerprint density at radius 2 is 2.42 bits per heavy atom. The standard InChI is InChI=1S/C14H13N5O3S2/c15-7-9-6-10(19(20)21)3-4-12(9)23-14-18-17-13(24-14)16-8-11-2-1-5-22-11/h3-4,6,11H,1-2,5,8H2,(H,16,17). The van der Waals surface area contributed by atoms with Gasteiger partial charge in [-0.2, -0.15) is 5.26 Å². The van der Waals surface area contributed by atoms with E-state index in [0.29, 0.717) is 20.9 Å². The normalized spacial score (nSPS) is 16.7. The second kappa shape index (κ2) is 7.57. The Morgan fingerprint density at radius 1 is 1.54 bits per heavy atom. The van der Waals surface area contributed by atoms with Crippen molar-refractivity contribution in [1.29, 1.82) is 5.26 Å². The highest BCUT2D eigenvalue weighted by atomic mass is 32.2. The molecule has 3 rings (SSSR count). The summed E-state index contributed by atoms with van der Waals surface area (Å²) < 4.78 is 6.20. The molecule has 0 spiro atoms. The number of anilines is 1. The molecular weight excluding hydrogens is 350 g/mol. The molecule has 0 amide bonds. The first-order valence-electron chi connectivity index (χ1n) is 7.21. The lowest BCUT2D eigenvalue weighted by Gasteiger charge is -2.08. The minimum absolute atomic E-state index is 0.105. The van der Waals surface area contributed by atoms with Gasteiger partial charge in [-0.25, -0.2) is 0 Å². The van der Waals surface area contributed by atoms with Gasteiger partial charge in [0, 0.05) is 30.2 Å². The monoisotopic (exact) mass is 363 g/mol. The van der Waals surface area contributed by atoms with Crippen LogP contribution in [-0.4, -0.2) is 34.4 Å². The maximum atomic E-state index is 10.8. The second-order valence-electron chi connectivity index (χ2n) is 5.04. The van der Waals surface area contributed by atoms with E-state index in [4.69, 9.17) is 10.00 Å². The van der Waals surface area contributed by atoms with Gasteiger partial charge in [0.15, 0.2) is 4.34 Å². The lowest BCUT2D eigenvalue weighted by atomic mass is 10.2. The summed E-state index contributed by atoms with van der Waals surface area (Å²) >= 11 is 2.64. The molecule has 0 saturated carbocycles. The van der Waals surface area contributed by atoms with Crippen molar-refractivity contribution in [3.8, 4) is 6.07 Å². The fourth-order valence-electron chi connectivity index (χ4n) is 2.23. The Balaban J connectivity index is 1.66. The Hall–Kier alpha value is -2.22. The molecule has 1 N–H and O–H groups in total. The number of nitro benzene ring substituents is 1. The molecule has 2 aromatic rings. The molecule has 1 aliphatic heterocycles. The molecule has 1 aromatic carbocycles. The zero-order valence-corrected chi connectivity index (χ0v) is 14.1. The zero-order chi connectivity index (χ0) is 16.9. The molecule has 0 bridgehead atoms. The minimum atomic E-state index is -0.520. The van der Waals surface area contributed by atoms with E-state index in [1.54, 1.807) is 6.07 Å².